The summed E-state index contributed by atoms with van der Waals surface area (Å²) in [5.74, 6) is 0.910. The van der Waals surface area contributed by atoms with Crippen molar-refractivity contribution in [3.63, 3.8) is 0 Å². The van der Waals surface area contributed by atoms with Crippen LogP contribution in [-0.2, 0) is 0 Å². The first kappa shape index (κ1) is 9.20. The van der Waals surface area contributed by atoms with Crippen molar-refractivity contribution in [1.29, 1.82) is 0 Å². The second kappa shape index (κ2) is 6.32. The molecule has 1 aromatic carbocycles. The zero-order valence-corrected chi connectivity index (χ0v) is 8.24. The lowest BCUT2D eigenvalue weighted by atomic mass is 10.3. The maximum Gasteiger partial charge on any atom is 0.141 e. The van der Waals surface area contributed by atoms with Gasteiger partial charge in [-0.1, -0.05) is 18.2 Å². The molecular weight excluding hydrogens is 144 g/mol. The number of hydrogen-bond acceptors (Lipinski definition) is 2. The van der Waals surface area contributed by atoms with Gasteiger partial charge >= 0.3 is 0 Å². The zero-order chi connectivity index (χ0) is 7.82. The van der Waals surface area contributed by atoms with Gasteiger partial charge in [0.1, 0.15) is 16.2 Å². The fourth-order valence-corrected chi connectivity index (χ4v) is 0.557. The summed E-state index contributed by atoms with van der Waals surface area (Å²) in [4.78, 5) is 7.14. The third kappa shape index (κ3) is 3.27. The standard InChI is InChI=1S/C7H8O.H4OSi/c1-8-7-5-3-2-4-6-7;1-2/h2-6H,1H3;1H,2H3. The van der Waals surface area contributed by atoms with Crippen LogP contribution in [-0.4, -0.2) is 22.4 Å². The molecule has 1 aromatic rings. The van der Waals surface area contributed by atoms with E-state index >= 15 is 0 Å². The largest absolute Gasteiger partial charge is 0.497 e. The van der Waals surface area contributed by atoms with E-state index in [-0.39, 0.29) is 0 Å². The number of rotatable bonds is 1. The highest BCUT2D eigenvalue weighted by Crippen LogP contribution is 2.05. The van der Waals surface area contributed by atoms with Gasteiger partial charge in [0, 0.05) is 0 Å². The van der Waals surface area contributed by atoms with Crippen LogP contribution in [0.4, 0.5) is 0 Å². The van der Waals surface area contributed by atoms with Crippen LogP contribution >= 0.6 is 0 Å². The summed E-state index contributed by atoms with van der Waals surface area (Å²) in [5, 5.41) is 0. The minimum atomic E-state index is 0.306. The van der Waals surface area contributed by atoms with Gasteiger partial charge in [0.2, 0.25) is 0 Å². The van der Waals surface area contributed by atoms with Crippen molar-refractivity contribution in [2.24, 2.45) is 0 Å². The van der Waals surface area contributed by atoms with E-state index in [2.05, 4.69) is 0 Å². The molecular formula is C7H12O2Si. The smallest absolute Gasteiger partial charge is 0.141 e. The van der Waals surface area contributed by atoms with Crippen LogP contribution in [0.25, 0.3) is 0 Å². The van der Waals surface area contributed by atoms with Crippen LogP contribution in [0.2, 0.25) is 0 Å². The molecule has 1 rings (SSSR count). The average molecular weight is 156 g/mol. The molecule has 10 heavy (non-hydrogen) atoms. The lowest BCUT2D eigenvalue weighted by molar-refractivity contribution is 0.415. The molecule has 0 spiro atoms. The number of hydrogen-bond donors (Lipinski definition) is 1. The van der Waals surface area contributed by atoms with E-state index < -0.39 is 0 Å². The minimum absolute atomic E-state index is 0.306. The van der Waals surface area contributed by atoms with E-state index in [1.54, 1.807) is 7.11 Å². The van der Waals surface area contributed by atoms with Crippen molar-refractivity contribution in [2.75, 3.05) is 7.11 Å². The molecule has 1 N–H and O–H groups in total. The average Bonchev–Trinajstić information content (AvgIpc) is 2.10. The molecule has 0 saturated heterocycles. The van der Waals surface area contributed by atoms with E-state index in [9.17, 15) is 0 Å². The molecule has 0 aliphatic rings. The van der Waals surface area contributed by atoms with Crippen molar-refractivity contribution in [3.8, 4) is 5.75 Å². The molecule has 0 atom stereocenters. The number of methoxy groups -OCH3 is 1. The quantitative estimate of drug-likeness (QED) is 0.578. The van der Waals surface area contributed by atoms with Gasteiger partial charge < -0.3 is 9.53 Å². The summed E-state index contributed by atoms with van der Waals surface area (Å²) in [6.45, 7) is 0. The molecule has 0 amide bonds. The van der Waals surface area contributed by atoms with Gasteiger partial charge in [-0.25, -0.2) is 0 Å². The summed E-state index contributed by atoms with van der Waals surface area (Å²) in [7, 11) is 1.97. The first-order chi connectivity index (χ1) is 4.93. The number of benzene rings is 1. The normalized spacial score (nSPS) is 7.80. The summed E-state index contributed by atoms with van der Waals surface area (Å²) in [5.41, 5.74) is 0. The third-order valence-corrected chi connectivity index (χ3v) is 0.979. The molecule has 0 saturated carbocycles. The van der Waals surface area contributed by atoms with Crippen LogP contribution in [0.1, 0.15) is 0 Å². The van der Waals surface area contributed by atoms with Crippen LogP contribution in [0, 0.1) is 0 Å². The molecule has 2 nitrogen and oxygen atoms in total. The van der Waals surface area contributed by atoms with Gasteiger partial charge in [0.15, 0.2) is 0 Å². The first-order valence-electron chi connectivity index (χ1n) is 2.97. The van der Waals surface area contributed by atoms with E-state index in [4.69, 9.17) is 9.53 Å². The van der Waals surface area contributed by atoms with Crippen molar-refractivity contribution in [2.45, 2.75) is 0 Å². The Kier molecular flexibility index (Phi) is 5.81. The maximum absolute atomic E-state index is 7.14. The molecule has 0 aliphatic carbocycles. The van der Waals surface area contributed by atoms with Crippen LogP contribution in [0.3, 0.4) is 0 Å². The fourth-order valence-electron chi connectivity index (χ4n) is 0.557. The monoisotopic (exact) mass is 156 g/mol. The molecule has 0 bridgehead atoms. The van der Waals surface area contributed by atoms with Crippen LogP contribution in [0.15, 0.2) is 30.3 Å². The molecule has 0 fully saturated rings. The Hall–Kier alpha value is -0.803. The lowest BCUT2D eigenvalue weighted by Crippen LogP contribution is -1.78. The summed E-state index contributed by atoms with van der Waals surface area (Å²) < 4.78 is 4.91. The number of para-hydroxylation sites is 1. The van der Waals surface area contributed by atoms with Gasteiger partial charge in [0.25, 0.3) is 0 Å². The Morgan fingerprint density at radius 3 is 2.00 bits per heavy atom. The van der Waals surface area contributed by atoms with Crippen molar-refractivity contribution in [1.82, 2.24) is 0 Å². The highest BCUT2D eigenvalue weighted by molar-refractivity contribution is 5.95. The Labute approximate surface area is 64.0 Å². The predicted octanol–water partition coefficient (Wildman–Crippen LogP) is -0.0457. The summed E-state index contributed by atoms with van der Waals surface area (Å²) in [6.07, 6.45) is 0. The Balaban J connectivity index is 0.000000371. The highest BCUT2D eigenvalue weighted by atomic mass is 28.2. The van der Waals surface area contributed by atoms with Gasteiger partial charge in [-0.05, 0) is 12.1 Å². The SMILES string of the molecule is COc1ccccc1.O[SiH3]. The third-order valence-electron chi connectivity index (χ3n) is 0.979. The van der Waals surface area contributed by atoms with Gasteiger partial charge in [-0.3, -0.25) is 0 Å². The number of ether oxygens (including phenoxy) is 1. The van der Waals surface area contributed by atoms with Crippen molar-refractivity contribution in [3.05, 3.63) is 30.3 Å². The predicted molar refractivity (Wildman–Crippen MR) is 45.2 cm³/mol. The molecule has 3 heteroatoms. The zero-order valence-electron chi connectivity index (χ0n) is 6.24. The summed E-state index contributed by atoms with van der Waals surface area (Å²) in [6, 6.07) is 9.68. The second-order valence-electron chi connectivity index (χ2n) is 1.52. The van der Waals surface area contributed by atoms with E-state index in [1.807, 2.05) is 30.3 Å². The van der Waals surface area contributed by atoms with Crippen LogP contribution in [0.5, 0.6) is 5.75 Å². The van der Waals surface area contributed by atoms with E-state index in [1.165, 1.54) is 0 Å². The topological polar surface area (TPSA) is 29.5 Å². The Bertz CT molecular complexity index is 153. The van der Waals surface area contributed by atoms with Gasteiger partial charge in [-0.2, -0.15) is 0 Å². The van der Waals surface area contributed by atoms with Gasteiger partial charge in [-0.15, -0.1) is 0 Å². The van der Waals surface area contributed by atoms with Crippen LogP contribution < -0.4 is 4.74 Å². The second-order valence-corrected chi connectivity index (χ2v) is 1.52. The molecule has 0 unspecified atom stereocenters. The van der Waals surface area contributed by atoms with E-state index in [0.717, 1.165) is 5.75 Å². The maximum atomic E-state index is 7.14. The molecule has 0 aromatic heterocycles. The molecule has 0 aliphatic heterocycles. The Morgan fingerprint density at radius 1 is 1.20 bits per heavy atom. The van der Waals surface area contributed by atoms with E-state index in [0.29, 0.717) is 10.5 Å². The Morgan fingerprint density at radius 2 is 1.70 bits per heavy atom. The fraction of sp³-hybridized carbons (Fsp3) is 0.143. The first-order valence-corrected chi connectivity index (χ1v) is 3.86. The lowest BCUT2D eigenvalue weighted by Gasteiger charge is -1.93. The highest BCUT2D eigenvalue weighted by Gasteiger charge is 1.80. The molecule has 56 valence electrons. The summed E-state index contributed by atoms with van der Waals surface area (Å²) >= 11 is 0. The molecule has 0 heterocycles. The minimum Gasteiger partial charge on any atom is -0.497 e. The molecule has 0 radical (unpaired) electrons. The van der Waals surface area contributed by atoms with Crippen molar-refractivity contribution >= 4 is 10.5 Å². The van der Waals surface area contributed by atoms with Crippen molar-refractivity contribution < 1.29 is 9.53 Å². The van der Waals surface area contributed by atoms with Gasteiger partial charge in [0.05, 0.1) is 7.11 Å².